The molecule has 0 aliphatic rings. The number of carbonyl (C=O) groups is 1. The molecule has 0 radical (unpaired) electrons. The van der Waals surface area contributed by atoms with Gasteiger partial charge in [-0.25, -0.2) is 9.97 Å². The van der Waals surface area contributed by atoms with Crippen LogP contribution in [0.2, 0.25) is 0 Å². The molecule has 3 aromatic rings. The Hall–Kier alpha value is -2.60. The van der Waals surface area contributed by atoms with Crippen molar-refractivity contribution in [3.05, 3.63) is 60.2 Å². The molecule has 27 heavy (non-hydrogen) atoms. The average molecular weight is 381 g/mol. The molecular formula is C21H24N4OS. The number of unbranched alkanes of at least 4 members (excludes halogenated alkanes) is 1. The Kier molecular flexibility index (Phi) is 7.04. The summed E-state index contributed by atoms with van der Waals surface area (Å²) in [7, 11) is 0. The number of amides is 1. The number of aromatic nitrogens is 2. The van der Waals surface area contributed by atoms with Crippen LogP contribution in [0.1, 0.15) is 25.3 Å². The topological polar surface area (TPSA) is 66.9 Å². The van der Waals surface area contributed by atoms with Crippen LogP contribution in [-0.4, -0.2) is 28.2 Å². The van der Waals surface area contributed by atoms with Crippen molar-refractivity contribution in [3.8, 4) is 0 Å². The van der Waals surface area contributed by atoms with Crippen LogP contribution in [0.25, 0.3) is 10.9 Å². The zero-order chi connectivity index (χ0) is 18.9. The molecule has 3 rings (SSSR count). The molecule has 0 saturated carbocycles. The number of nitrogens with zero attached hydrogens (tertiary/aromatic N) is 2. The van der Waals surface area contributed by atoms with E-state index >= 15 is 0 Å². The summed E-state index contributed by atoms with van der Waals surface area (Å²) >= 11 is 1.36. The van der Waals surface area contributed by atoms with E-state index in [0.29, 0.717) is 17.5 Å². The summed E-state index contributed by atoms with van der Waals surface area (Å²) in [6.07, 6.45) is 2.21. The first-order valence-corrected chi connectivity index (χ1v) is 10.2. The van der Waals surface area contributed by atoms with Gasteiger partial charge in [0, 0.05) is 18.5 Å². The molecule has 0 fully saturated rings. The van der Waals surface area contributed by atoms with Gasteiger partial charge >= 0.3 is 0 Å². The van der Waals surface area contributed by atoms with Crippen LogP contribution in [0.5, 0.6) is 0 Å². The molecule has 0 spiro atoms. The molecule has 5 nitrogen and oxygen atoms in total. The fourth-order valence-corrected chi connectivity index (χ4v) is 3.30. The van der Waals surface area contributed by atoms with Gasteiger partial charge in [-0.1, -0.05) is 67.6 Å². The number of para-hydroxylation sites is 1. The van der Waals surface area contributed by atoms with E-state index in [2.05, 4.69) is 27.5 Å². The molecule has 140 valence electrons. The predicted octanol–water partition coefficient (Wildman–Crippen LogP) is 4.25. The molecule has 2 aromatic carbocycles. The normalized spacial score (nSPS) is 10.7. The summed E-state index contributed by atoms with van der Waals surface area (Å²) in [5.41, 5.74) is 1.97. The van der Waals surface area contributed by atoms with Crippen molar-refractivity contribution in [2.24, 2.45) is 0 Å². The fourth-order valence-electron chi connectivity index (χ4n) is 2.62. The van der Waals surface area contributed by atoms with E-state index in [0.717, 1.165) is 41.7 Å². The van der Waals surface area contributed by atoms with E-state index in [1.807, 2.05) is 54.6 Å². The number of rotatable bonds is 9. The predicted molar refractivity (Wildman–Crippen MR) is 112 cm³/mol. The van der Waals surface area contributed by atoms with E-state index in [9.17, 15) is 4.79 Å². The van der Waals surface area contributed by atoms with E-state index < -0.39 is 0 Å². The smallest absolute Gasteiger partial charge is 0.230 e. The third kappa shape index (κ3) is 5.69. The number of fused-ring (bicyclic) bond motifs is 1. The zero-order valence-electron chi connectivity index (χ0n) is 15.4. The molecule has 1 aromatic heterocycles. The van der Waals surface area contributed by atoms with Crippen molar-refractivity contribution < 1.29 is 4.79 Å². The molecular weight excluding hydrogens is 356 g/mol. The van der Waals surface area contributed by atoms with Crippen molar-refractivity contribution in [3.63, 3.8) is 0 Å². The van der Waals surface area contributed by atoms with Gasteiger partial charge in [0.15, 0.2) is 5.16 Å². The second kappa shape index (κ2) is 9.92. The van der Waals surface area contributed by atoms with Crippen LogP contribution in [0.3, 0.4) is 0 Å². The minimum atomic E-state index is -0.0268. The minimum Gasteiger partial charge on any atom is -0.369 e. The molecule has 2 N–H and O–H groups in total. The lowest BCUT2D eigenvalue weighted by molar-refractivity contribution is -0.118. The van der Waals surface area contributed by atoms with Gasteiger partial charge in [-0.15, -0.1) is 0 Å². The van der Waals surface area contributed by atoms with E-state index in [1.165, 1.54) is 11.8 Å². The third-order valence-corrected chi connectivity index (χ3v) is 4.92. The van der Waals surface area contributed by atoms with Gasteiger partial charge in [0.2, 0.25) is 5.91 Å². The van der Waals surface area contributed by atoms with Gasteiger partial charge in [0.25, 0.3) is 0 Å². The first-order chi connectivity index (χ1) is 13.3. The maximum atomic E-state index is 12.1. The van der Waals surface area contributed by atoms with Crippen molar-refractivity contribution in [2.45, 2.75) is 31.5 Å². The second-order valence-electron chi connectivity index (χ2n) is 6.20. The molecule has 0 aliphatic carbocycles. The fraction of sp³-hybridized carbons (Fsp3) is 0.286. The van der Waals surface area contributed by atoms with Gasteiger partial charge in [-0.2, -0.15) is 0 Å². The third-order valence-electron chi connectivity index (χ3n) is 4.07. The Balaban J connectivity index is 1.62. The largest absolute Gasteiger partial charge is 0.369 e. The molecule has 0 bridgehead atoms. The lowest BCUT2D eigenvalue weighted by Gasteiger charge is -2.10. The molecule has 0 atom stereocenters. The minimum absolute atomic E-state index is 0.0268. The quantitative estimate of drug-likeness (QED) is 0.330. The first kappa shape index (κ1) is 19.2. The molecule has 1 amide bonds. The van der Waals surface area contributed by atoms with Gasteiger partial charge in [-0.05, 0) is 24.1 Å². The lowest BCUT2D eigenvalue weighted by Crippen LogP contribution is -2.24. The summed E-state index contributed by atoms with van der Waals surface area (Å²) in [5.74, 6) is 1.10. The number of hydrogen-bond acceptors (Lipinski definition) is 5. The monoisotopic (exact) mass is 380 g/mol. The van der Waals surface area contributed by atoms with Gasteiger partial charge in [0.1, 0.15) is 5.82 Å². The summed E-state index contributed by atoms with van der Waals surface area (Å²) in [4.78, 5) is 21.4. The van der Waals surface area contributed by atoms with Crippen molar-refractivity contribution in [1.82, 2.24) is 15.3 Å². The average Bonchev–Trinajstić information content (AvgIpc) is 2.71. The van der Waals surface area contributed by atoms with Crippen LogP contribution in [0, 0.1) is 0 Å². The maximum absolute atomic E-state index is 12.1. The highest BCUT2D eigenvalue weighted by molar-refractivity contribution is 7.99. The van der Waals surface area contributed by atoms with E-state index in [4.69, 9.17) is 0 Å². The summed E-state index contributed by atoms with van der Waals surface area (Å²) < 4.78 is 0. The number of benzene rings is 2. The Bertz CT molecular complexity index is 886. The molecule has 6 heteroatoms. The Morgan fingerprint density at radius 2 is 1.81 bits per heavy atom. The van der Waals surface area contributed by atoms with Crippen molar-refractivity contribution in [1.29, 1.82) is 0 Å². The molecule has 0 saturated heterocycles. The summed E-state index contributed by atoms with van der Waals surface area (Å²) in [6.45, 7) is 3.57. The number of carbonyl (C=O) groups excluding carboxylic acids is 1. The van der Waals surface area contributed by atoms with Crippen LogP contribution in [-0.2, 0) is 11.3 Å². The van der Waals surface area contributed by atoms with Crippen LogP contribution < -0.4 is 10.6 Å². The molecule has 1 heterocycles. The highest BCUT2D eigenvalue weighted by Gasteiger charge is 2.10. The molecule has 0 aliphatic heterocycles. The van der Waals surface area contributed by atoms with Gasteiger partial charge in [-0.3, -0.25) is 4.79 Å². The van der Waals surface area contributed by atoms with E-state index in [1.54, 1.807) is 0 Å². The Labute approximate surface area is 164 Å². The zero-order valence-corrected chi connectivity index (χ0v) is 16.3. The first-order valence-electron chi connectivity index (χ1n) is 9.20. The Morgan fingerprint density at radius 1 is 1.04 bits per heavy atom. The van der Waals surface area contributed by atoms with Crippen LogP contribution in [0.15, 0.2) is 59.8 Å². The number of anilines is 1. The SMILES string of the molecule is CCCCNc1nc(SCC(=O)NCc2ccccc2)nc2ccccc12. The summed E-state index contributed by atoms with van der Waals surface area (Å²) in [6, 6.07) is 17.8. The van der Waals surface area contributed by atoms with Gasteiger partial charge in [0.05, 0.1) is 11.3 Å². The highest BCUT2D eigenvalue weighted by Crippen LogP contribution is 2.24. The highest BCUT2D eigenvalue weighted by atomic mass is 32.2. The molecule has 0 unspecified atom stereocenters. The van der Waals surface area contributed by atoms with Crippen LogP contribution in [0.4, 0.5) is 5.82 Å². The number of thioether (sulfide) groups is 1. The van der Waals surface area contributed by atoms with Gasteiger partial charge < -0.3 is 10.6 Å². The second-order valence-corrected chi connectivity index (χ2v) is 7.15. The van der Waals surface area contributed by atoms with Crippen molar-refractivity contribution in [2.75, 3.05) is 17.6 Å². The standard InChI is InChI=1S/C21H24N4OS/c1-2-3-13-22-20-17-11-7-8-12-18(17)24-21(25-20)27-15-19(26)23-14-16-9-5-4-6-10-16/h4-12H,2-3,13-15H2,1H3,(H,23,26)(H,22,24,25). The van der Waals surface area contributed by atoms with E-state index in [-0.39, 0.29) is 5.91 Å². The summed E-state index contributed by atoms with van der Waals surface area (Å²) in [5, 5.41) is 7.95. The van der Waals surface area contributed by atoms with Crippen molar-refractivity contribution >= 4 is 34.4 Å². The Morgan fingerprint density at radius 3 is 2.63 bits per heavy atom. The van der Waals surface area contributed by atoms with Crippen LogP contribution >= 0.6 is 11.8 Å². The number of hydrogen-bond donors (Lipinski definition) is 2. The lowest BCUT2D eigenvalue weighted by atomic mass is 10.2. The maximum Gasteiger partial charge on any atom is 0.230 e. The number of nitrogens with one attached hydrogen (secondary N) is 2.